The molecule has 4 nitrogen and oxygen atoms in total. The number of hydrogen-bond donors (Lipinski definition) is 1. The van der Waals surface area contributed by atoms with Gasteiger partial charge in [0.05, 0.1) is 7.11 Å². The van der Waals surface area contributed by atoms with Gasteiger partial charge in [-0.2, -0.15) is 0 Å². The van der Waals surface area contributed by atoms with Crippen molar-refractivity contribution in [1.82, 2.24) is 0 Å². The molecule has 1 aromatic rings. The SMILES string of the molecule is CCCCC#CC(O)c1ccc(/C=C/C(=O)OC)o1. The molecule has 0 saturated heterocycles. The van der Waals surface area contributed by atoms with Gasteiger partial charge in [-0.05, 0) is 24.6 Å². The standard InChI is InChI=1S/C15H18O4/c1-3-4-5-6-7-13(16)14-10-8-12(19-14)9-11-15(17)18-2/h8-11,13,16H,3-5H2,1-2H3/b11-9+. The van der Waals surface area contributed by atoms with Crippen LogP contribution in [0.1, 0.15) is 43.8 Å². The summed E-state index contributed by atoms with van der Waals surface area (Å²) in [6.45, 7) is 2.09. The lowest BCUT2D eigenvalue weighted by Crippen LogP contribution is -1.93. The summed E-state index contributed by atoms with van der Waals surface area (Å²) in [5.41, 5.74) is 0. The van der Waals surface area contributed by atoms with E-state index >= 15 is 0 Å². The number of furan rings is 1. The van der Waals surface area contributed by atoms with Crippen molar-refractivity contribution < 1.29 is 19.1 Å². The van der Waals surface area contributed by atoms with Crippen molar-refractivity contribution in [2.24, 2.45) is 0 Å². The minimum atomic E-state index is -0.933. The van der Waals surface area contributed by atoms with Crippen LogP contribution in [0.25, 0.3) is 6.08 Å². The average molecular weight is 262 g/mol. The molecule has 0 radical (unpaired) electrons. The first kappa shape index (κ1) is 15.1. The second kappa shape index (κ2) is 8.17. The molecule has 1 rings (SSSR count). The minimum Gasteiger partial charge on any atom is -0.466 e. The van der Waals surface area contributed by atoms with Crippen LogP contribution in [0, 0.1) is 11.8 Å². The Morgan fingerprint density at radius 2 is 2.37 bits per heavy atom. The smallest absolute Gasteiger partial charge is 0.330 e. The van der Waals surface area contributed by atoms with E-state index in [0.29, 0.717) is 11.5 Å². The molecule has 0 aliphatic heterocycles. The lowest BCUT2D eigenvalue weighted by molar-refractivity contribution is -0.134. The van der Waals surface area contributed by atoms with Gasteiger partial charge in [0.1, 0.15) is 11.5 Å². The van der Waals surface area contributed by atoms with Gasteiger partial charge in [-0.3, -0.25) is 0 Å². The lowest BCUT2D eigenvalue weighted by Gasteiger charge is -1.97. The molecule has 0 aliphatic rings. The van der Waals surface area contributed by atoms with Gasteiger partial charge < -0.3 is 14.3 Å². The van der Waals surface area contributed by atoms with Gasteiger partial charge in [0.2, 0.25) is 0 Å². The molecule has 19 heavy (non-hydrogen) atoms. The minimum absolute atomic E-state index is 0.369. The number of aliphatic hydroxyl groups excluding tert-OH is 1. The quantitative estimate of drug-likeness (QED) is 0.383. The van der Waals surface area contributed by atoms with E-state index in [0.717, 1.165) is 19.3 Å². The number of aliphatic hydroxyl groups is 1. The van der Waals surface area contributed by atoms with Gasteiger partial charge in [0.25, 0.3) is 0 Å². The molecule has 0 amide bonds. The number of esters is 1. The topological polar surface area (TPSA) is 59.7 Å². The molecule has 0 aliphatic carbocycles. The van der Waals surface area contributed by atoms with Crippen LogP contribution in [0.3, 0.4) is 0 Å². The first-order valence-corrected chi connectivity index (χ1v) is 6.19. The Hall–Kier alpha value is -1.99. The summed E-state index contributed by atoms with van der Waals surface area (Å²) in [5, 5.41) is 9.77. The predicted octanol–water partition coefficient (Wildman–Crippen LogP) is 2.69. The molecule has 1 unspecified atom stereocenters. The Balaban J connectivity index is 2.60. The van der Waals surface area contributed by atoms with Crippen LogP contribution in [-0.4, -0.2) is 18.2 Å². The Morgan fingerprint density at radius 1 is 1.58 bits per heavy atom. The molecule has 1 N–H and O–H groups in total. The molecule has 1 aromatic heterocycles. The largest absolute Gasteiger partial charge is 0.466 e. The van der Waals surface area contributed by atoms with E-state index in [1.54, 1.807) is 12.1 Å². The van der Waals surface area contributed by atoms with Gasteiger partial charge in [0.15, 0.2) is 6.10 Å². The van der Waals surface area contributed by atoms with Crippen LogP contribution in [0.15, 0.2) is 22.6 Å². The maximum Gasteiger partial charge on any atom is 0.330 e. The van der Waals surface area contributed by atoms with E-state index in [4.69, 9.17) is 4.42 Å². The van der Waals surface area contributed by atoms with Crippen LogP contribution < -0.4 is 0 Å². The van der Waals surface area contributed by atoms with Crippen LogP contribution in [-0.2, 0) is 9.53 Å². The number of carbonyl (C=O) groups excluding carboxylic acids is 1. The first-order chi connectivity index (χ1) is 9.17. The van der Waals surface area contributed by atoms with Crippen LogP contribution >= 0.6 is 0 Å². The fourth-order valence-corrected chi connectivity index (χ4v) is 1.33. The monoisotopic (exact) mass is 262 g/mol. The van der Waals surface area contributed by atoms with Crippen molar-refractivity contribution in [2.45, 2.75) is 32.3 Å². The van der Waals surface area contributed by atoms with Crippen LogP contribution in [0.2, 0.25) is 0 Å². The number of rotatable bonds is 5. The Bertz CT molecular complexity index is 488. The van der Waals surface area contributed by atoms with Crippen molar-refractivity contribution >= 4 is 12.0 Å². The molecule has 0 fully saturated rings. The molecule has 0 aromatic carbocycles. The average Bonchev–Trinajstić information content (AvgIpc) is 2.89. The lowest BCUT2D eigenvalue weighted by atomic mass is 10.2. The normalized spacial score (nSPS) is 11.9. The van der Waals surface area contributed by atoms with Crippen molar-refractivity contribution in [3.05, 3.63) is 29.7 Å². The Kier molecular flexibility index (Phi) is 6.48. The fraction of sp³-hybridized carbons (Fsp3) is 0.400. The summed E-state index contributed by atoms with van der Waals surface area (Å²) in [6, 6.07) is 3.29. The number of ether oxygens (including phenoxy) is 1. The zero-order valence-electron chi connectivity index (χ0n) is 11.2. The second-order valence-corrected chi connectivity index (χ2v) is 3.92. The van der Waals surface area contributed by atoms with Gasteiger partial charge in [-0.15, -0.1) is 5.92 Å². The number of carbonyl (C=O) groups is 1. The van der Waals surface area contributed by atoms with Crippen LogP contribution in [0.4, 0.5) is 0 Å². The highest BCUT2D eigenvalue weighted by Crippen LogP contribution is 2.17. The molecule has 102 valence electrons. The third-order valence-corrected chi connectivity index (χ3v) is 2.40. The summed E-state index contributed by atoms with van der Waals surface area (Å²) in [5.74, 6) is 6.00. The van der Waals surface area contributed by atoms with Crippen molar-refractivity contribution in [3.63, 3.8) is 0 Å². The maximum absolute atomic E-state index is 10.9. The van der Waals surface area contributed by atoms with Gasteiger partial charge in [-0.1, -0.05) is 19.3 Å². The van der Waals surface area contributed by atoms with E-state index in [2.05, 4.69) is 23.5 Å². The highest BCUT2D eigenvalue weighted by molar-refractivity contribution is 5.86. The molecular weight excluding hydrogens is 244 g/mol. The third kappa shape index (κ3) is 5.45. The molecule has 1 atom stereocenters. The van der Waals surface area contributed by atoms with Crippen molar-refractivity contribution in [3.8, 4) is 11.8 Å². The van der Waals surface area contributed by atoms with E-state index in [1.165, 1.54) is 19.3 Å². The zero-order chi connectivity index (χ0) is 14.1. The van der Waals surface area contributed by atoms with E-state index in [-0.39, 0.29) is 0 Å². The highest BCUT2D eigenvalue weighted by atomic mass is 16.5. The summed E-state index contributed by atoms with van der Waals surface area (Å²) < 4.78 is 9.81. The van der Waals surface area contributed by atoms with Crippen molar-refractivity contribution in [2.75, 3.05) is 7.11 Å². The number of hydrogen-bond acceptors (Lipinski definition) is 4. The van der Waals surface area contributed by atoms with Crippen LogP contribution in [0.5, 0.6) is 0 Å². The third-order valence-electron chi connectivity index (χ3n) is 2.40. The summed E-state index contributed by atoms with van der Waals surface area (Å²) in [6.07, 6.45) is 4.66. The first-order valence-electron chi connectivity index (χ1n) is 6.19. The van der Waals surface area contributed by atoms with Gasteiger partial charge in [-0.25, -0.2) is 4.79 Å². The van der Waals surface area contributed by atoms with E-state index in [1.807, 2.05) is 0 Å². The van der Waals surface area contributed by atoms with Gasteiger partial charge >= 0.3 is 5.97 Å². The van der Waals surface area contributed by atoms with Crippen molar-refractivity contribution in [1.29, 1.82) is 0 Å². The fourth-order valence-electron chi connectivity index (χ4n) is 1.33. The molecule has 4 heteroatoms. The Morgan fingerprint density at radius 3 is 3.05 bits per heavy atom. The molecule has 0 bridgehead atoms. The second-order valence-electron chi connectivity index (χ2n) is 3.92. The molecule has 0 spiro atoms. The molecular formula is C15H18O4. The summed E-state index contributed by atoms with van der Waals surface area (Å²) >= 11 is 0. The summed E-state index contributed by atoms with van der Waals surface area (Å²) in [7, 11) is 1.30. The molecule has 1 heterocycles. The number of unbranched alkanes of at least 4 members (excludes halogenated alkanes) is 2. The number of methoxy groups -OCH3 is 1. The Labute approximate surface area is 113 Å². The predicted molar refractivity (Wildman–Crippen MR) is 72.0 cm³/mol. The zero-order valence-corrected chi connectivity index (χ0v) is 11.2. The van der Waals surface area contributed by atoms with Gasteiger partial charge in [0, 0.05) is 12.5 Å². The summed E-state index contributed by atoms with van der Waals surface area (Å²) in [4.78, 5) is 10.9. The van der Waals surface area contributed by atoms with E-state index < -0.39 is 12.1 Å². The van der Waals surface area contributed by atoms with E-state index in [9.17, 15) is 9.90 Å². The maximum atomic E-state index is 10.9. The molecule has 0 saturated carbocycles. The highest BCUT2D eigenvalue weighted by Gasteiger charge is 2.08.